The zero-order valence-corrected chi connectivity index (χ0v) is 19.1. The standard InChI is InChI=1S/C21H16Cl2FNO6S/c1-30-16-4-3-13(22)6-11(16)5-12-10-25-19(26)9-21(25,20(12)27)32(28,29)18-7-14(23)15(24)8-17(18)31-2/h3-8H,9-10H2,1-2H3. The minimum Gasteiger partial charge on any atom is -0.496 e. The van der Waals surface area contributed by atoms with Gasteiger partial charge in [0, 0.05) is 22.2 Å². The van der Waals surface area contributed by atoms with Crippen LogP contribution < -0.4 is 9.47 Å². The number of hydrogen-bond donors (Lipinski definition) is 0. The highest BCUT2D eigenvalue weighted by molar-refractivity contribution is 7.94. The maximum atomic E-state index is 13.9. The molecule has 1 atom stereocenters. The van der Waals surface area contributed by atoms with E-state index in [2.05, 4.69) is 0 Å². The van der Waals surface area contributed by atoms with E-state index in [1.165, 1.54) is 13.2 Å². The second-order valence-corrected chi connectivity index (χ2v) is 10.2. The third-order valence-corrected chi connectivity index (χ3v) is 8.43. The summed E-state index contributed by atoms with van der Waals surface area (Å²) < 4.78 is 51.5. The van der Waals surface area contributed by atoms with E-state index >= 15 is 0 Å². The molecule has 11 heteroatoms. The lowest BCUT2D eigenvalue weighted by Crippen LogP contribution is -2.67. The molecule has 1 amide bonds. The van der Waals surface area contributed by atoms with Crippen LogP contribution in [0.1, 0.15) is 12.0 Å². The summed E-state index contributed by atoms with van der Waals surface area (Å²) in [6.45, 7) is -0.218. The molecule has 7 nitrogen and oxygen atoms in total. The lowest BCUT2D eigenvalue weighted by molar-refractivity contribution is -0.150. The molecule has 0 N–H and O–H groups in total. The number of methoxy groups -OCH3 is 2. The Balaban J connectivity index is 1.86. The van der Waals surface area contributed by atoms with Crippen LogP contribution in [0.2, 0.25) is 10.0 Å². The summed E-state index contributed by atoms with van der Waals surface area (Å²) in [7, 11) is -1.93. The predicted molar refractivity (Wildman–Crippen MR) is 115 cm³/mol. The maximum absolute atomic E-state index is 13.9. The van der Waals surface area contributed by atoms with Gasteiger partial charge in [0.2, 0.25) is 26.4 Å². The number of carbonyl (C=O) groups is 2. The van der Waals surface area contributed by atoms with Crippen LogP contribution >= 0.6 is 23.2 Å². The quantitative estimate of drug-likeness (QED) is 0.355. The number of fused-ring (bicyclic) bond motifs is 1. The molecule has 0 spiro atoms. The number of β-lactam (4-membered cyclic amide) rings is 1. The van der Waals surface area contributed by atoms with Gasteiger partial charge in [-0.3, -0.25) is 9.59 Å². The number of rotatable bonds is 5. The minimum absolute atomic E-state index is 0.0900. The number of sulfone groups is 1. The van der Waals surface area contributed by atoms with E-state index < -0.39 is 48.6 Å². The maximum Gasteiger partial charge on any atom is 0.228 e. The Labute approximate surface area is 193 Å². The van der Waals surface area contributed by atoms with Gasteiger partial charge in [0.1, 0.15) is 22.2 Å². The fourth-order valence-corrected chi connectivity index (χ4v) is 6.56. The van der Waals surface area contributed by atoms with Crippen LogP contribution in [-0.2, 0) is 19.4 Å². The van der Waals surface area contributed by atoms with Gasteiger partial charge in [-0.2, -0.15) is 0 Å². The highest BCUT2D eigenvalue weighted by Gasteiger charge is 2.70. The molecule has 1 unspecified atom stereocenters. The number of ketones is 1. The Bertz CT molecular complexity index is 1310. The topological polar surface area (TPSA) is 90.0 Å². The normalized spacial score (nSPS) is 21.5. The van der Waals surface area contributed by atoms with Crippen molar-refractivity contribution in [1.82, 2.24) is 4.90 Å². The number of nitrogens with zero attached hydrogens (tertiary/aromatic N) is 1. The van der Waals surface area contributed by atoms with E-state index in [9.17, 15) is 22.4 Å². The average Bonchev–Trinajstić information content (AvgIpc) is 2.97. The number of amides is 1. The fourth-order valence-electron chi connectivity index (χ4n) is 3.96. The van der Waals surface area contributed by atoms with E-state index in [0.29, 0.717) is 16.3 Å². The molecule has 0 bridgehead atoms. The number of Topliss-reactive ketones (excluding diaryl/α,β-unsaturated/α-hetero) is 1. The summed E-state index contributed by atoms with van der Waals surface area (Å²) in [4.78, 5) is 24.1. The molecule has 168 valence electrons. The Morgan fingerprint density at radius 2 is 1.78 bits per heavy atom. The molecular weight excluding hydrogens is 484 g/mol. The van der Waals surface area contributed by atoms with Crippen molar-refractivity contribution >= 4 is 50.8 Å². The molecule has 4 rings (SSSR count). The summed E-state index contributed by atoms with van der Waals surface area (Å²) in [6.07, 6.45) is 0.904. The van der Waals surface area contributed by atoms with Crippen LogP contribution in [0.15, 0.2) is 40.8 Å². The van der Waals surface area contributed by atoms with E-state index in [1.807, 2.05) is 0 Å². The molecule has 0 saturated carbocycles. The van der Waals surface area contributed by atoms with E-state index in [1.54, 1.807) is 18.2 Å². The van der Waals surface area contributed by atoms with Crippen molar-refractivity contribution in [2.75, 3.05) is 20.8 Å². The van der Waals surface area contributed by atoms with Crippen LogP contribution in [0.4, 0.5) is 4.39 Å². The lowest BCUT2D eigenvalue weighted by atomic mass is 9.99. The van der Waals surface area contributed by atoms with E-state index in [0.717, 1.165) is 24.1 Å². The smallest absolute Gasteiger partial charge is 0.228 e. The zero-order valence-electron chi connectivity index (χ0n) is 16.8. The summed E-state index contributed by atoms with van der Waals surface area (Å²) in [5, 5.41) is -0.0710. The highest BCUT2D eigenvalue weighted by atomic mass is 35.5. The van der Waals surface area contributed by atoms with Crippen LogP contribution in [0, 0.1) is 5.82 Å². The van der Waals surface area contributed by atoms with Crippen LogP contribution in [0.25, 0.3) is 6.08 Å². The molecule has 32 heavy (non-hydrogen) atoms. The molecule has 2 aromatic rings. The molecule has 0 radical (unpaired) electrons. The van der Waals surface area contributed by atoms with Gasteiger partial charge >= 0.3 is 0 Å². The summed E-state index contributed by atoms with van der Waals surface area (Å²) in [6, 6.07) is 6.47. The van der Waals surface area contributed by atoms with Crippen LogP contribution in [-0.4, -0.2) is 50.6 Å². The van der Waals surface area contributed by atoms with Crippen molar-refractivity contribution in [2.24, 2.45) is 0 Å². The number of halogens is 3. The first-order chi connectivity index (χ1) is 15.1. The van der Waals surface area contributed by atoms with Gasteiger partial charge in [-0.05, 0) is 30.3 Å². The lowest BCUT2D eigenvalue weighted by Gasteiger charge is -2.44. The molecule has 2 aromatic carbocycles. The third-order valence-electron chi connectivity index (χ3n) is 5.56. The summed E-state index contributed by atoms with van der Waals surface area (Å²) in [5.41, 5.74) is 0.542. The largest absolute Gasteiger partial charge is 0.496 e. The van der Waals surface area contributed by atoms with Gasteiger partial charge in [-0.15, -0.1) is 0 Å². The van der Waals surface area contributed by atoms with Gasteiger partial charge < -0.3 is 14.4 Å². The van der Waals surface area contributed by atoms with Gasteiger partial charge in [-0.25, -0.2) is 12.8 Å². The Morgan fingerprint density at radius 1 is 1.09 bits per heavy atom. The van der Waals surface area contributed by atoms with Gasteiger partial charge in [-0.1, -0.05) is 23.2 Å². The monoisotopic (exact) mass is 499 g/mol. The third kappa shape index (κ3) is 3.10. The molecule has 2 aliphatic heterocycles. The Hall–Kier alpha value is -2.62. The van der Waals surface area contributed by atoms with Crippen LogP contribution in [0.5, 0.6) is 11.5 Å². The van der Waals surface area contributed by atoms with Crippen molar-refractivity contribution < 1.29 is 31.9 Å². The van der Waals surface area contributed by atoms with Crippen molar-refractivity contribution in [3.63, 3.8) is 0 Å². The van der Waals surface area contributed by atoms with Crippen molar-refractivity contribution in [3.05, 3.63) is 57.3 Å². The average molecular weight is 500 g/mol. The number of benzene rings is 2. The first kappa shape index (κ1) is 22.6. The molecule has 2 saturated heterocycles. The van der Waals surface area contributed by atoms with Crippen molar-refractivity contribution in [3.8, 4) is 11.5 Å². The second kappa shape index (κ2) is 7.75. The second-order valence-electron chi connectivity index (χ2n) is 7.25. The molecule has 2 fully saturated rings. The number of ether oxygens (including phenoxy) is 2. The molecule has 2 heterocycles. The number of carbonyl (C=O) groups excluding carboxylic acids is 2. The summed E-state index contributed by atoms with van der Waals surface area (Å²) >= 11 is 11.8. The van der Waals surface area contributed by atoms with Gasteiger partial charge in [0.25, 0.3) is 0 Å². The Kier molecular flexibility index (Phi) is 5.47. The first-order valence-electron chi connectivity index (χ1n) is 9.24. The van der Waals surface area contributed by atoms with Gasteiger partial charge in [0.05, 0.1) is 32.2 Å². The summed E-state index contributed by atoms with van der Waals surface area (Å²) in [5.74, 6) is -2.05. The van der Waals surface area contributed by atoms with E-state index in [-0.39, 0.29) is 17.9 Å². The minimum atomic E-state index is -4.53. The molecule has 0 aliphatic carbocycles. The van der Waals surface area contributed by atoms with Gasteiger partial charge in [0.15, 0.2) is 0 Å². The van der Waals surface area contributed by atoms with Crippen molar-refractivity contribution in [2.45, 2.75) is 16.2 Å². The van der Waals surface area contributed by atoms with E-state index in [4.69, 9.17) is 32.7 Å². The molecule has 0 aromatic heterocycles. The Morgan fingerprint density at radius 3 is 2.41 bits per heavy atom. The van der Waals surface area contributed by atoms with Crippen LogP contribution in [0.3, 0.4) is 0 Å². The van der Waals surface area contributed by atoms with Crippen molar-refractivity contribution in [1.29, 1.82) is 0 Å². The highest BCUT2D eigenvalue weighted by Crippen LogP contribution is 2.50. The fraction of sp³-hybridized carbons (Fsp3) is 0.238. The molecular formula is C21H16Cl2FNO6S. The SMILES string of the molecule is COc1ccc(Cl)cc1C=C1CN2C(=O)CC2(S(=O)(=O)c2cc(Cl)c(F)cc2OC)C1=O. The molecule has 2 aliphatic rings. The predicted octanol–water partition coefficient (Wildman–Crippen LogP) is 3.52. The first-order valence-corrected chi connectivity index (χ1v) is 11.5. The number of hydrogen-bond acceptors (Lipinski definition) is 6. The zero-order chi connectivity index (χ0) is 23.4.